The van der Waals surface area contributed by atoms with Gasteiger partial charge in [-0.2, -0.15) is 0 Å². The van der Waals surface area contributed by atoms with Crippen LogP contribution in [-0.4, -0.2) is 146 Å². The fourth-order valence-electron chi connectivity index (χ4n) is 7.71. The molecule has 0 radical (unpaired) electrons. The molecule has 2 aromatic carbocycles. The molecule has 398 valence electrons. The Morgan fingerprint density at radius 1 is 0.694 bits per heavy atom. The summed E-state index contributed by atoms with van der Waals surface area (Å²) >= 11 is 0. The van der Waals surface area contributed by atoms with Gasteiger partial charge in [-0.05, 0) is 76.0 Å². The van der Waals surface area contributed by atoms with Crippen LogP contribution in [0.5, 0.6) is 0 Å². The zero-order valence-electron chi connectivity index (χ0n) is 43.7. The van der Waals surface area contributed by atoms with Crippen molar-refractivity contribution in [1.29, 1.82) is 0 Å². The number of rotatable bonds is 21. The Morgan fingerprint density at radius 2 is 1.26 bits per heavy atom. The van der Waals surface area contributed by atoms with E-state index in [1.54, 1.807) is 0 Å². The zero-order valence-corrected chi connectivity index (χ0v) is 43.7. The second-order valence-corrected chi connectivity index (χ2v) is 18.7. The quantitative estimate of drug-likeness (QED) is 0.0648. The number of hydrogen-bond acceptors (Lipinski definition) is 16. The first-order valence-electron chi connectivity index (χ1n) is 23.8. The largest absolute Gasteiger partial charge is 0.468 e. The maximum absolute atomic E-state index is 12.7. The van der Waals surface area contributed by atoms with E-state index in [2.05, 4.69) is 36.3 Å². The number of likely N-dealkylation sites (tertiary alicyclic amines) is 1. The first-order chi connectivity index (χ1) is 34.0. The highest BCUT2D eigenvalue weighted by Gasteiger charge is 2.41. The highest BCUT2D eigenvalue weighted by Crippen LogP contribution is 2.25. The highest BCUT2D eigenvalue weighted by molar-refractivity contribution is 5.87. The summed E-state index contributed by atoms with van der Waals surface area (Å²) in [5.41, 5.74) is 0.424. The van der Waals surface area contributed by atoms with Crippen LogP contribution in [0.2, 0.25) is 0 Å². The number of hydrogen-bond donors (Lipinski definition) is 6. The van der Waals surface area contributed by atoms with E-state index >= 15 is 0 Å². The van der Waals surface area contributed by atoms with Crippen molar-refractivity contribution in [1.82, 2.24) is 41.0 Å². The van der Waals surface area contributed by atoms with Crippen LogP contribution in [-0.2, 0) is 71.9 Å². The van der Waals surface area contributed by atoms with Crippen molar-refractivity contribution in [2.75, 3.05) is 48.6 Å². The molecule has 1 aliphatic heterocycles. The highest BCUT2D eigenvalue weighted by atomic mass is 16.5. The maximum atomic E-state index is 12.7. The van der Waals surface area contributed by atoms with Crippen molar-refractivity contribution in [3.63, 3.8) is 0 Å². The lowest BCUT2D eigenvalue weighted by Gasteiger charge is -2.35. The molecule has 21 heteroatoms. The Labute approximate surface area is 421 Å². The summed E-state index contributed by atoms with van der Waals surface area (Å²) in [4.78, 5) is 112. The lowest BCUT2D eigenvalue weighted by molar-refractivity contribution is -0.148. The summed E-state index contributed by atoms with van der Waals surface area (Å²) in [5.74, 6) is -2.54. The summed E-state index contributed by atoms with van der Waals surface area (Å²) in [5, 5.41) is 14.1. The second-order valence-electron chi connectivity index (χ2n) is 18.7. The molecule has 3 unspecified atom stereocenters. The van der Waals surface area contributed by atoms with Crippen molar-refractivity contribution in [3.05, 3.63) is 105 Å². The molecule has 3 amide bonds. The van der Waals surface area contributed by atoms with Crippen molar-refractivity contribution >= 4 is 41.6 Å². The summed E-state index contributed by atoms with van der Waals surface area (Å²) in [6, 6.07) is 16.5. The van der Waals surface area contributed by atoms with Gasteiger partial charge in [0.15, 0.2) is 0 Å². The van der Waals surface area contributed by atoms with E-state index in [9.17, 15) is 43.2 Å². The van der Waals surface area contributed by atoms with Gasteiger partial charge in [0.25, 0.3) is 5.56 Å². The van der Waals surface area contributed by atoms with Gasteiger partial charge in [-0.25, -0.2) is 4.79 Å². The van der Waals surface area contributed by atoms with Gasteiger partial charge in [0, 0.05) is 24.8 Å². The van der Waals surface area contributed by atoms with Crippen LogP contribution in [0.25, 0.3) is 0 Å². The smallest absolute Gasteiger partial charge is 0.328 e. The summed E-state index contributed by atoms with van der Waals surface area (Å²) < 4.78 is 20.3. The normalized spacial score (nSPS) is 15.4. The van der Waals surface area contributed by atoms with Crippen LogP contribution in [0.1, 0.15) is 72.4 Å². The topological polar surface area (TPSA) is 275 Å². The number of benzene rings is 2. The van der Waals surface area contributed by atoms with Gasteiger partial charge >= 0.3 is 29.6 Å². The molecule has 6 atom stereocenters. The standard InChI is InChI=1S/C22H26N2O5.C15H28N2O3.C14H22N4O5/c1-28-20(25)15-23-21(26)18(13-16-9-5-3-6-10-16)24-19(22(27)29-2)14-17-11-7-4-8-12-17;1-10(2)12(13(18)16-15(3,4)5)17-9-7-8-11(17)14(19)20-6;1-8(2)11(13(21)23-4)16-9(12(20)15-3)7-18-6-5-10(19)17-14(18)22/h3-12,18-19,24H,13-15H2,1-2H3,(H,23,26);10-12H,7-9H2,1-6H3,(H,16,18);5-6,8-9,11,16H,7H2,1-4H3,(H,15,20)(H,17,19,22)/t18?,19-;11?,12-;9?,11-/m011/s1. The SMILES string of the molecule is CNC(=O)C(Cn1ccc(=O)[nH]c1=O)N[C@@H](C(=O)OC)C(C)C.COC(=O)C1CCCN1[C@@H](C(=O)NC(C)(C)C)C(C)C.COC(=O)CNC(=O)C(Cc1ccccc1)N[C@@H](Cc1ccccc1)C(=O)OC. The van der Waals surface area contributed by atoms with Crippen molar-refractivity contribution in [2.45, 2.75) is 122 Å². The van der Waals surface area contributed by atoms with E-state index in [0.29, 0.717) is 12.8 Å². The minimum atomic E-state index is -0.852. The number of carbonyl (C=O) groups excluding carboxylic acids is 7. The summed E-state index contributed by atoms with van der Waals surface area (Å²) in [7, 11) is 6.68. The average Bonchev–Trinajstić information content (AvgIpc) is 3.82. The molecule has 1 aromatic heterocycles. The molecular formula is C51H76N8O13. The van der Waals surface area contributed by atoms with Crippen molar-refractivity contribution in [2.24, 2.45) is 11.8 Å². The number of nitrogens with one attached hydrogen (secondary N) is 6. The Bertz CT molecular complexity index is 2320. The molecule has 0 saturated carbocycles. The number of amides is 3. The number of carbonyl (C=O) groups is 7. The van der Waals surface area contributed by atoms with Gasteiger partial charge in [-0.15, -0.1) is 0 Å². The molecule has 1 fully saturated rings. The average molecular weight is 1010 g/mol. The zero-order chi connectivity index (χ0) is 54.1. The molecule has 0 bridgehead atoms. The first-order valence-corrected chi connectivity index (χ1v) is 23.8. The van der Waals surface area contributed by atoms with Gasteiger partial charge in [-0.1, -0.05) is 88.4 Å². The van der Waals surface area contributed by atoms with Gasteiger partial charge in [0.05, 0.1) is 47.1 Å². The number of likely N-dealkylation sites (N-methyl/N-ethyl adjacent to an activating group) is 1. The van der Waals surface area contributed by atoms with Crippen molar-refractivity contribution in [3.8, 4) is 0 Å². The third kappa shape index (κ3) is 20.9. The van der Waals surface area contributed by atoms with Crippen LogP contribution >= 0.6 is 0 Å². The van der Waals surface area contributed by atoms with Crippen LogP contribution in [0.15, 0.2) is 82.5 Å². The van der Waals surface area contributed by atoms with Gasteiger partial charge < -0.3 is 34.9 Å². The van der Waals surface area contributed by atoms with Crippen LogP contribution in [0.3, 0.4) is 0 Å². The maximum Gasteiger partial charge on any atom is 0.328 e. The lowest BCUT2D eigenvalue weighted by Crippen LogP contribution is -2.56. The Kier molecular flexibility index (Phi) is 26.4. The van der Waals surface area contributed by atoms with Gasteiger partial charge in [0.2, 0.25) is 17.7 Å². The number of H-pyrrole nitrogens is 1. The summed E-state index contributed by atoms with van der Waals surface area (Å²) in [6.45, 7) is 14.0. The van der Waals surface area contributed by atoms with E-state index in [1.807, 2.05) is 114 Å². The van der Waals surface area contributed by atoms with Gasteiger partial charge in [0.1, 0.15) is 30.7 Å². The Balaban J connectivity index is 0.000000378. The van der Waals surface area contributed by atoms with E-state index in [1.165, 1.54) is 52.3 Å². The molecule has 21 nitrogen and oxygen atoms in total. The Hall–Kier alpha value is -6.71. The van der Waals surface area contributed by atoms with Crippen LogP contribution in [0, 0.1) is 11.8 Å². The lowest BCUT2D eigenvalue weighted by atomic mass is 9.98. The van der Waals surface area contributed by atoms with E-state index in [0.717, 1.165) is 30.5 Å². The fourth-order valence-corrected chi connectivity index (χ4v) is 7.71. The molecular weight excluding hydrogens is 933 g/mol. The molecule has 4 rings (SSSR count). The van der Waals surface area contributed by atoms with E-state index < -0.39 is 65.1 Å². The van der Waals surface area contributed by atoms with E-state index in [-0.39, 0.29) is 54.4 Å². The molecule has 1 aliphatic rings. The number of nitrogens with zero attached hydrogens (tertiary/aromatic N) is 2. The Morgan fingerprint density at radius 3 is 1.74 bits per heavy atom. The minimum absolute atomic E-state index is 0.0108. The fraction of sp³-hybridized carbons (Fsp3) is 0.549. The number of esters is 4. The third-order valence-corrected chi connectivity index (χ3v) is 11.3. The number of methoxy groups -OCH3 is 4. The monoisotopic (exact) mass is 1010 g/mol. The second kappa shape index (κ2) is 30.9. The first kappa shape index (κ1) is 61.4. The molecule has 6 N–H and O–H groups in total. The summed E-state index contributed by atoms with van der Waals surface area (Å²) in [6.07, 6.45) is 3.69. The van der Waals surface area contributed by atoms with E-state index in [4.69, 9.17) is 14.2 Å². The van der Waals surface area contributed by atoms with Crippen LogP contribution in [0.4, 0.5) is 0 Å². The van der Waals surface area contributed by atoms with Gasteiger partial charge in [-0.3, -0.25) is 63.4 Å². The number of ether oxygens (including phenoxy) is 4. The number of aromatic nitrogens is 2. The predicted molar refractivity (Wildman–Crippen MR) is 269 cm³/mol. The third-order valence-electron chi connectivity index (χ3n) is 11.3. The minimum Gasteiger partial charge on any atom is -0.468 e. The van der Waals surface area contributed by atoms with Crippen molar-refractivity contribution < 1.29 is 52.5 Å². The molecule has 0 spiro atoms. The molecule has 1 saturated heterocycles. The molecule has 3 aromatic rings. The molecule has 72 heavy (non-hydrogen) atoms. The predicted octanol–water partition coefficient (Wildman–Crippen LogP) is 1.26. The molecule has 0 aliphatic carbocycles. The molecule has 2 heterocycles. The number of aromatic amines is 1. The van der Waals surface area contributed by atoms with Crippen LogP contribution < -0.4 is 37.8 Å².